The second-order valence-electron chi connectivity index (χ2n) is 6.75. The van der Waals surface area contributed by atoms with Gasteiger partial charge in [0.1, 0.15) is 0 Å². The van der Waals surface area contributed by atoms with Gasteiger partial charge in [0.15, 0.2) is 0 Å². The number of carbonyl (C=O) groups excluding carboxylic acids is 1. The Kier molecular flexibility index (Phi) is 3.88. The summed E-state index contributed by atoms with van der Waals surface area (Å²) in [4.78, 5) is 29.6. The molecule has 0 atom stereocenters. The van der Waals surface area contributed by atoms with Crippen LogP contribution in [0, 0.1) is 5.41 Å². The van der Waals surface area contributed by atoms with Crippen LogP contribution in [0.1, 0.15) is 29.6 Å². The Labute approximate surface area is 141 Å². The molecule has 1 amide bonds. The van der Waals surface area contributed by atoms with Gasteiger partial charge in [-0.2, -0.15) is 0 Å². The Morgan fingerprint density at radius 1 is 1.00 bits per heavy atom. The van der Waals surface area contributed by atoms with E-state index in [1.165, 1.54) is 0 Å². The van der Waals surface area contributed by atoms with Gasteiger partial charge < -0.3 is 9.80 Å². The molecule has 24 heavy (non-hydrogen) atoms. The Morgan fingerprint density at radius 2 is 1.75 bits per heavy atom. The SMILES string of the molecule is O=C(c1cccnc1)N1CCC2(CC1)CCN(c1ncccn1)C2. The summed E-state index contributed by atoms with van der Waals surface area (Å²) in [7, 11) is 0. The number of rotatable bonds is 2. The Morgan fingerprint density at radius 3 is 2.46 bits per heavy atom. The van der Waals surface area contributed by atoms with Crippen LogP contribution in [0.4, 0.5) is 5.95 Å². The van der Waals surface area contributed by atoms with Crippen LogP contribution in [0.3, 0.4) is 0 Å². The number of carbonyl (C=O) groups is 1. The van der Waals surface area contributed by atoms with E-state index in [0.29, 0.717) is 11.0 Å². The van der Waals surface area contributed by atoms with Gasteiger partial charge in [0.25, 0.3) is 5.91 Å². The van der Waals surface area contributed by atoms with Crippen LogP contribution < -0.4 is 4.90 Å². The van der Waals surface area contributed by atoms with E-state index in [1.807, 2.05) is 23.1 Å². The van der Waals surface area contributed by atoms with Crippen LogP contribution in [0.15, 0.2) is 43.0 Å². The standard InChI is InChI=1S/C18H21N5O/c24-16(15-3-1-7-19-13-15)22-10-4-18(5-11-22)6-12-23(14-18)17-20-8-2-9-21-17/h1-3,7-9,13H,4-6,10-12,14H2. The fourth-order valence-corrected chi connectivity index (χ4v) is 3.82. The third kappa shape index (κ3) is 2.84. The van der Waals surface area contributed by atoms with E-state index < -0.39 is 0 Å². The van der Waals surface area contributed by atoms with E-state index in [0.717, 1.165) is 51.4 Å². The van der Waals surface area contributed by atoms with Gasteiger partial charge in [-0.05, 0) is 42.9 Å². The lowest BCUT2D eigenvalue weighted by atomic mass is 9.77. The molecular formula is C18H21N5O. The van der Waals surface area contributed by atoms with Crippen LogP contribution in [-0.4, -0.2) is 51.9 Å². The molecule has 4 rings (SSSR count). The summed E-state index contributed by atoms with van der Waals surface area (Å²) in [6.45, 7) is 3.63. The molecule has 0 saturated carbocycles. The minimum atomic E-state index is 0.0965. The maximum Gasteiger partial charge on any atom is 0.255 e. The second-order valence-corrected chi connectivity index (χ2v) is 6.75. The summed E-state index contributed by atoms with van der Waals surface area (Å²) in [6, 6.07) is 5.50. The number of amides is 1. The fraction of sp³-hybridized carbons (Fsp3) is 0.444. The molecule has 0 bridgehead atoms. The molecule has 6 heteroatoms. The van der Waals surface area contributed by atoms with Crippen molar-refractivity contribution in [2.45, 2.75) is 19.3 Å². The first kappa shape index (κ1) is 15.1. The van der Waals surface area contributed by atoms with Gasteiger partial charge in [-0.1, -0.05) is 0 Å². The first-order valence-electron chi connectivity index (χ1n) is 8.47. The summed E-state index contributed by atoms with van der Waals surface area (Å²) in [5.41, 5.74) is 0.976. The first-order chi connectivity index (χ1) is 11.8. The van der Waals surface area contributed by atoms with Gasteiger partial charge >= 0.3 is 0 Å². The molecule has 0 N–H and O–H groups in total. The summed E-state index contributed by atoms with van der Waals surface area (Å²) in [6.07, 6.45) is 10.2. The zero-order valence-corrected chi connectivity index (χ0v) is 13.6. The summed E-state index contributed by atoms with van der Waals surface area (Å²) < 4.78 is 0. The molecule has 6 nitrogen and oxygen atoms in total. The zero-order valence-electron chi connectivity index (χ0n) is 13.6. The average Bonchev–Trinajstić information content (AvgIpc) is 3.07. The van der Waals surface area contributed by atoms with Gasteiger partial charge in [-0.25, -0.2) is 9.97 Å². The van der Waals surface area contributed by atoms with Gasteiger partial charge in [-0.3, -0.25) is 9.78 Å². The van der Waals surface area contributed by atoms with Crippen LogP contribution in [0.5, 0.6) is 0 Å². The van der Waals surface area contributed by atoms with E-state index in [4.69, 9.17) is 0 Å². The van der Waals surface area contributed by atoms with Crippen molar-refractivity contribution in [1.29, 1.82) is 0 Å². The molecule has 124 valence electrons. The van der Waals surface area contributed by atoms with E-state index in [-0.39, 0.29) is 5.91 Å². The summed E-state index contributed by atoms with van der Waals surface area (Å²) in [5.74, 6) is 0.919. The first-order valence-corrected chi connectivity index (χ1v) is 8.47. The van der Waals surface area contributed by atoms with Crippen molar-refractivity contribution in [3.8, 4) is 0 Å². The second kappa shape index (κ2) is 6.19. The van der Waals surface area contributed by atoms with Crippen molar-refractivity contribution >= 4 is 11.9 Å². The Hall–Kier alpha value is -2.50. The monoisotopic (exact) mass is 323 g/mol. The van der Waals surface area contributed by atoms with Crippen molar-refractivity contribution in [3.05, 3.63) is 48.5 Å². The normalized spacial score (nSPS) is 19.7. The molecule has 2 aliphatic heterocycles. The highest BCUT2D eigenvalue weighted by Crippen LogP contribution is 2.41. The van der Waals surface area contributed by atoms with Crippen LogP contribution >= 0.6 is 0 Å². The van der Waals surface area contributed by atoms with Gasteiger partial charge in [-0.15, -0.1) is 0 Å². The van der Waals surface area contributed by atoms with Gasteiger partial charge in [0.2, 0.25) is 5.95 Å². The zero-order chi connectivity index (χ0) is 16.4. The van der Waals surface area contributed by atoms with E-state index in [2.05, 4.69) is 19.9 Å². The van der Waals surface area contributed by atoms with Crippen molar-refractivity contribution in [3.63, 3.8) is 0 Å². The third-order valence-corrected chi connectivity index (χ3v) is 5.29. The van der Waals surface area contributed by atoms with E-state index in [9.17, 15) is 4.79 Å². The number of likely N-dealkylation sites (tertiary alicyclic amines) is 1. The highest BCUT2D eigenvalue weighted by molar-refractivity contribution is 5.93. The number of nitrogens with zero attached hydrogens (tertiary/aromatic N) is 5. The number of aromatic nitrogens is 3. The lowest BCUT2D eigenvalue weighted by Gasteiger charge is -2.39. The quantitative estimate of drug-likeness (QED) is 0.846. The highest BCUT2D eigenvalue weighted by Gasteiger charge is 2.42. The average molecular weight is 323 g/mol. The molecule has 2 saturated heterocycles. The lowest BCUT2D eigenvalue weighted by Crippen LogP contribution is -2.44. The van der Waals surface area contributed by atoms with Crippen LogP contribution in [0.25, 0.3) is 0 Å². The van der Waals surface area contributed by atoms with Crippen molar-refractivity contribution in [2.24, 2.45) is 5.41 Å². The number of anilines is 1. The lowest BCUT2D eigenvalue weighted by molar-refractivity contribution is 0.0609. The molecule has 0 aromatic carbocycles. The number of pyridine rings is 1. The topological polar surface area (TPSA) is 62.2 Å². The van der Waals surface area contributed by atoms with Gasteiger partial charge in [0, 0.05) is 51.0 Å². The molecule has 4 heterocycles. The van der Waals surface area contributed by atoms with Crippen molar-refractivity contribution < 1.29 is 4.79 Å². The third-order valence-electron chi connectivity index (χ3n) is 5.29. The molecular weight excluding hydrogens is 302 g/mol. The molecule has 2 aromatic rings. The predicted octanol–water partition coefficient (Wildman–Crippen LogP) is 2.00. The molecule has 2 aromatic heterocycles. The number of piperidine rings is 1. The predicted molar refractivity (Wildman–Crippen MR) is 90.7 cm³/mol. The molecule has 1 spiro atoms. The fourth-order valence-electron chi connectivity index (χ4n) is 3.82. The van der Waals surface area contributed by atoms with E-state index in [1.54, 1.807) is 24.8 Å². The number of hydrogen-bond donors (Lipinski definition) is 0. The Bertz CT molecular complexity index is 698. The van der Waals surface area contributed by atoms with E-state index >= 15 is 0 Å². The minimum Gasteiger partial charge on any atom is -0.340 e. The Balaban J connectivity index is 1.39. The maximum atomic E-state index is 12.5. The molecule has 0 radical (unpaired) electrons. The van der Waals surface area contributed by atoms with Crippen molar-refractivity contribution in [2.75, 3.05) is 31.1 Å². The molecule has 2 aliphatic rings. The smallest absolute Gasteiger partial charge is 0.255 e. The number of hydrogen-bond acceptors (Lipinski definition) is 5. The molecule has 0 aliphatic carbocycles. The van der Waals surface area contributed by atoms with Crippen molar-refractivity contribution in [1.82, 2.24) is 19.9 Å². The molecule has 0 unspecified atom stereocenters. The highest BCUT2D eigenvalue weighted by atomic mass is 16.2. The van der Waals surface area contributed by atoms with Gasteiger partial charge in [0.05, 0.1) is 5.56 Å². The maximum absolute atomic E-state index is 12.5. The summed E-state index contributed by atoms with van der Waals surface area (Å²) >= 11 is 0. The van der Waals surface area contributed by atoms with Crippen LogP contribution in [-0.2, 0) is 0 Å². The molecule has 2 fully saturated rings. The largest absolute Gasteiger partial charge is 0.340 e. The summed E-state index contributed by atoms with van der Waals surface area (Å²) in [5, 5.41) is 0. The minimum absolute atomic E-state index is 0.0965. The van der Waals surface area contributed by atoms with Crippen LogP contribution in [0.2, 0.25) is 0 Å².